The Morgan fingerprint density at radius 2 is 1.89 bits per heavy atom. The van der Waals surface area contributed by atoms with Crippen LogP contribution in [0.3, 0.4) is 0 Å². The molecule has 0 radical (unpaired) electrons. The van der Waals surface area contributed by atoms with E-state index >= 15 is 0 Å². The molecule has 0 spiro atoms. The monoisotopic (exact) mass is 376 g/mol. The molecule has 28 heavy (non-hydrogen) atoms. The van der Waals surface area contributed by atoms with Gasteiger partial charge in [-0.2, -0.15) is 0 Å². The average molecular weight is 376 g/mol. The minimum atomic E-state index is -0.423. The molecular weight excluding hydrogens is 356 g/mol. The molecule has 1 fully saturated rings. The van der Waals surface area contributed by atoms with E-state index in [1.807, 2.05) is 47.4 Å². The molecule has 4 rings (SSSR count). The lowest BCUT2D eigenvalue weighted by Gasteiger charge is -2.15. The molecule has 0 bridgehead atoms. The van der Waals surface area contributed by atoms with Crippen LogP contribution in [0.25, 0.3) is 11.3 Å². The van der Waals surface area contributed by atoms with E-state index in [1.54, 1.807) is 18.2 Å². The average Bonchev–Trinajstić information content (AvgIpc) is 3.37. The second-order valence-electron chi connectivity index (χ2n) is 6.74. The van der Waals surface area contributed by atoms with Gasteiger partial charge in [0, 0.05) is 31.1 Å². The van der Waals surface area contributed by atoms with Crippen molar-refractivity contribution in [3.05, 3.63) is 77.5 Å². The molecule has 1 aliphatic rings. The van der Waals surface area contributed by atoms with Crippen LogP contribution >= 0.6 is 0 Å². The molecule has 1 aromatic heterocycles. The normalized spacial score (nSPS) is 13.7. The van der Waals surface area contributed by atoms with Crippen LogP contribution in [0.15, 0.2) is 65.2 Å². The van der Waals surface area contributed by atoms with E-state index in [9.17, 15) is 9.59 Å². The summed E-state index contributed by atoms with van der Waals surface area (Å²) in [7, 11) is 0. The van der Waals surface area contributed by atoms with Gasteiger partial charge in [-0.25, -0.2) is 4.79 Å². The van der Waals surface area contributed by atoms with Gasteiger partial charge in [0.15, 0.2) is 5.76 Å². The molecule has 0 saturated carbocycles. The highest BCUT2D eigenvalue weighted by molar-refractivity contribution is 5.89. The largest absolute Gasteiger partial charge is 0.455 e. The minimum Gasteiger partial charge on any atom is -0.455 e. The molecule has 3 aromatic rings. The smallest absolute Gasteiger partial charge is 0.338 e. The lowest BCUT2D eigenvalue weighted by molar-refractivity contribution is -0.128. The van der Waals surface area contributed by atoms with Crippen LogP contribution in [0.5, 0.6) is 0 Å². The third kappa shape index (κ3) is 4.11. The molecule has 2 aromatic carbocycles. The summed E-state index contributed by atoms with van der Waals surface area (Å²) in [5.41, 5.74) is 2.93. The van der Waals surface area contributed by atoms with Crippen LogP contribution in [0.2, 0.25) is 0 Å². The van der Waals surface area contributed by atoms with Crippen molar-refractivity contribution in [2.24, 2.45) is 0 Å². The summed E-state index contributed by atoms with van der Waals surface area (Å²) < 4.78 is 10.6. The summed E-state index contributed by atoms with van der Waals surface area (Å²) >= 11 is 0. The molecular formula is C22H20N2O4. The maximum atomic E-state index is 12.3. The Balaban J connectivity index is 1.32. The van der Waals surface area contributed by atoms with Crippen molar-refractivity contribution < 1.29 is 18.8 Å². The van der Waals surface area contributed by atoms with E-state index in [-0.39, 0.29) is 12.5 Å². The third-order valence-electron chi connectivity index (χ3n) is 4.70. The maximum absolute atomic E-state index is 12.3. The van der Waals surface area contributed by atoms with Crippen LogP contribution in [0, 0.1) is 0 Å². The first kappa shape index (κ1) is 18.0. The first-order valence-electron chi connectivity index (χ1n) is 9.24. The molecule has 1 amide bonds. The number of esters is 1. The van der Waals surface area contributed by atoms with Crippen molar-refractivity contribution in [1.82, 2.24) is 10.1 Å². The van der Waals surface area contributed by atoms with Gasteiger partial charge in [0.05, 0.1) is 5.56 Å². The molecule has 1 saturated heterocycles. The zero-order chi connectivity index (χ0) is 19.3. The van der Waals surface area contributed by atoms with Gasteiger partial charge in [0.25, 0.3) is 0 Å². The highest BCUT2D eigenvalue weighted by Crippen LogP contribution is 2.20. The lowest BCUT2D eigenvalue weighted by atomic mass is 10.1. The first-order valence-corrected chi connectivity index (χ1v) is 9.24. The fourth-order valence-electron chi connectivity index (χ4n) is 3.18. The Bertz CT molecular complexity index is 964. The minimum absolute atomic E-state index is 0.0409. The molecule has 142 valence electrons. The number of nitrogens with zero attached hydrogens (tertiary/aromatic N) is 2. The Morgan fingerprint density at radius 3 is 2.61 bits per heavy atom. The molecule has 0 atom stereocenters. The van der Waals surface area contributed by atoms with E-state index in [0.717, 1.165) is 24.1 Å². The Hall–Kier alpha value is -3.41. The van der Waals surface area contributed by atoms with Crippen molar-refractivity contribution in [2.75, 3.05) is 6.54 Å². The van der Waals surface area contributed by atoms with E-state index in [4.69, 9.17) is 9.26 Å². The quantitative estimate of drug-likeness (QED) is 0.612. The van der Waals surface area contributed by atoms with Gasteiger partial charge in [-0.3, -0.25) is 4.79 Å². The number of benzene rings is 2. The van der Waals surface area contributed by atoms with Gasteiger partial charge >= 0.3 is 5.97 Å². The fraction of sp³-hybridized carbons (Fsp3) is 0.227. The van der Waals surface area contributed by atoms with E-state index in [1.165, 1.54) is 0 Å². The number of hydrogen-bond donors (Lipinski definition) is 0. The van der Waals surface area contributed by atoms with Crippen LogP contribution in [0.4, 0.5) is 0 Å². The van der Waals surface area contributed by atoms with Gasteiger partial charge in [-0.05, 0) is 24.1 Å². The standard InChI is InChI=1S/C22H20N2O4/c25-21-7-4-12-24(21)14-16-8-10-18(11-9-16)22(26)27-15-19-13-20(28-23-19)17-5-2-1-3-6-17/h1-3,5-6,8-11,13H,4,7,12,14-15H2. The summed E-state index contributed by atoms with van der Waals surface area (Å²) in [6.07, 6.45) is 1.54. The van der Waals surface area contributed by atoms with E-state index < -0.39 is 5.97 Å². The summed E-state index contributed by atoms with van der Waals surface area (Å²) in [6.45, 7) is 1.42. The third-order valence-corrected chi connectivity index (χ3v) is 4.70. The van der Waals surface area contributed by atoms with Crippen LogP contribution < -0.4 is 0 Å². The number of carbonyl (C=O) groups is 2. The van der Waals surface area contributed by atoms with Crippen LogP contribution in [-0.4, -0.2) is 28.5 Å². The van der Waals surface area contributed by atoms with Crippen molar-refractivity contribution in [1.29, 1.82) is 0 Å². The Kier molecular flexibility index (Phi) is 5.19. The molecule has 2 heterocycles. The first-order chi connectivity index (χ1) is 13.7. The number of carbonyl (C=O) groups excluding carboxylic acids is 2. The number of aromatic nitrogens is 1. The molecule has 0 N–H and O–H groups in total. The maximum Gasteiger partial charge on any atom is 0.338 e. The van der Waals surface area contributed by atoms with Gasteiger partial charge in [-0.1, -0.05) is 47.6 Å². The summed E-state index contributed by atoms with van der Waals surface area (Å²) in [5.74, 6) is 0.395. The Labute approximate surface area is 162 Å². The zero-order valence-corrected chi connectivity index (χ0v) is 15.3. The predicted molar refractivity (Wildman–Crippen MR) is 102 cm³/mol. The topological polar surface area (TPSA) is 72.6 Å². The lowest BCUT2D eigenvalue weighted by Crippen LogP contribution is -2.23. The predicted octanol–water partition coefficient (Wildman–Crippen LogP) is 3.82. The summed E-state index contributed by atoms with van der Waals surface area (Å²) in [4.78, 5) is 25.8. The molecule has 1 aliphatic heterocycles. The zero-order valence-electron chi connectivity index (χ0n) is 15.3. The van der Waals surface area contributed by atoms with Gasteiger partial charge in [0.2, 0.25) is 5.91 Å². The van der Waals surface area contributed by atoms with E-state index in [0.29, 0.717) is 30.0 Å². The number of ether oxygens (including phenoxy) is 1. The summed E-state index contributed by atoms with van der Waals surface area (Å²) in [6, 6.07) is 18.5. The van der Waals surface area contributed by atoms with Crippen LogP contribution in [0.1, 0.15) is 34.5 Å². The fourth-order valence-corrected chi connectivity index (χ4v) is 3.18. The Morgan fingerprint density at radius 1 is 1.11 bits per heavy atom. The van der Waals surface area contributed by atoms with Crippen molar-refractivity contribution >= 4 is 11.9 Å². The van der Waals surface area contributed by atoms with Gasteiger partial charge in [-0.15, -0.1) is 0 Å². The highest BCUT2D eigenvalue weighted by atomic mass is 16.5. The SMILES string of the molecule is O=C(OCc1cc(-c2ccccc2)on1)c1ccc(CN2CCCC2=O)cc1. The molecule has 0 aliphatic carbocycles. The number of likely N-dealkylation sites (tertiary alicyclic amines) is 1. The number of rotatable bonds is 6. The van der Waals surface area contributed by atoms with E-state index in [2.05, 4.69) is 5.16 Å². The molecule has 6 heteroatoms. The van der Waals surface area contributed by atoms with Crippen LogP contribution in [-0.2, 0) is 22.7 Å². The highest BCUT2D eigenvalue weighted by Gasteiger charge is 2.20. The van der Waals surface area contributed by atoms with Crippen molar-refractivity contribution in [3.8, 4) is 11.3 Å². The van der Waals surface area contributed by atoms with Gasteiger partial charge in [0.1, 0.15) is 12.3 Å². The summed E-state index contributed by atoms with van der Waals surface area (Å²) in [5, 5.41) is 3.95. The van der Waals surface area contributed by atoms with Crippen molar-refractivity contribution in [2.45, 2.75) is 26.0 Å². The molecule has 6 nitrogen and oxygen atoms in total. The van der Waals surface area contributed by atoms with Crippen molar-refractivity contribution in [3.63, 3.8) is 0 Å². The number of hydrogen-bond acceptors (Lipinski definition) is 5. The second kappa shape index (κ2) is 8.08. The number of amides is 1. The second-order valence-corrected chi connectivity index (χ2v) is 6.74. The van der Waals surface area contributed by atoms with Gasteiger partial charge < -0.3 is 14.2 Å². The molecule has 0 unspecified atom stereocenters.